The number of aryl methyl sites for hydroxylation is 1. The van der Waals surface area contributed by atoms with Crippen molar-refractivity contribution in [2.24, 2.45) is 23.7 Å². The normalized spacial score (nSPS) is 33.9. The molecule has 17 heteroatoms. The fraction of sp³-hybridized carbons (Fsp3) is 0.647. The monoisotopic (exact) mass is 948 g/mol. The number of ketones is 1. The molecule has 6 rings (SSSR count). The quantitative estimate of drug-likeness (QED) is 0.0693. The number of nitrogens with zero attached hydrogens (tertiary/aromatic N) is 5. The maximum atomic E-state index is 15.1. The molecule has 3 aromatic heterocycles. The number of pyridine rings is 1. The number of methoxy groups -OCH3 is 1. The number of amides is 1. The number of esters is 2. The number of fused-ring (bicyclic) bond motifs is 1. The Morgan fingerprint density at radius 3 is 2.47 bits per heavy atom. The Labute approximate surface area is 400 Å². The predicted molar refractivity (Wildman–Crippen MR) is 251 cm³/mol. The van der Waals surface area contributed by atoms with Crippen LogP contribution in [0, 0.1) is 23.7 Å². The van der Waals surface area contributed by atoms with Crippen molar-refractivity contribution in [2.45, 2.75) is 161 Å². The van der Waals surface area contributed by atoms with Gasteiger partial charge in [0.15, 0.2) is 17.7 Å². The zero-order chi connectivity index (χ0) is 49.5. The molecule has 1 N–H and O–H groups in total. The Bertz CT molecular complexity index is 2150. The van der Waals surface area contributed by atoms with E-state index in [4.69, 9.17) is 32.8 Å². The highest BCUT2D eigenvalue weighted by Gasteiger charge is 2.60. The zero-order valence-corrected chi connectivity index (χ0v) is 41.4. The molecule has 3 aromatic rings. The second kappa shape index (κ2) is 22.7. The fourth-order valence-corrected chi connectivity index (χ4v) is 10.9. The topological polar surface area (TPSA) is 194 Å². The second-order valence-corrected chi connectivity index (χ2v) is 19.5. The van der Waals surface area contributed by atoms with Gasteiger partial charge in [0, 0.05) is 56.7 Å². The van der Waals surface area contributed by atoms with Crippen molar-refractivity contribution in [3.05, 3.63) is 73.7 Å². The first-order valence-corrected chi connectivity index (χ1v) is 24.1. The van der Waals surface area contributed by atoms with E-state index in [1.165, 1.54) is 7.11 Å². The van der Waals surface area contributed by atoms with Crippen molar-refractivity contribution < 1.29 is 57.1 Å². The Hall–Kier alpha value is -4.94. The first kappa shape index (κ1) is 52.4. The minimum absolute atomic E-state index is 0.103. The van der Waals surface area contributed by atoms with Crippen LogP contribution < -0.4 is 0 Å². The van der Waals surface area contributed by atoms with E-state index in [2.05, 4.69) is 16.5 Å². The van der Waals surface area contributed by atoms with Gasteiger partial charge in [-0.3, -0.25) is 24.3 Å². The Kier molecular flexibility index (Phi) is 17.5. The lowest BCUT2D eigenvalue weighted by Crippen LogP contribution is -2.61. The van der Waals surface area contributed by atoms with Crippen LogP contribution in [0.3, 0.4) is 0 Å². The number of hydrogen-bond acceptors (Lipinski definition) is 15. The van der Waals surface area contributed by atoms with Gasteiger partial charge in [0.2, 0.25) is 0 Å². The lowest BCUT2D eigenvalue weighted by molar-refractivity contribution is -0.302. The number of rotatable bonds is 16. The SMILES string of the molecule is C=CCN(C)[C@H]1C[C@@H](C)O[C@@H](O[C@@H]2[C@@H](C)[C@H](OC(=O)Cc3ccccn3)[C@@H](C)C(=O)O[C@H](CC)[C@@]3(C)OC(=O)N(CCCCn4cncc4-c4ccco4)[C@@H]3[C@@H](C)C(=O)[C@H](C)C[C@@]2(C)OC)[C@@H]1O. The number of hydrogen-bond donors (Lipinski definition) is 1. The summed E-state index contributed by atoms with van der Waals surface area (Å²) in [4.78, 5) is 70.1. The van der Waals surface area contributed by atoms with Gasteiger partial charge in [-0.2, -0.15) is 0 Å². The summed E-state index contributed by atoms with van der Waals surface area (Å²) in [5, 5.41) is 11.9. The van der Waals surface area contributed by atoms with Crippen LogP contribution in [-0.4, -0.2) is 141 Å². The van der Waals surface area contributed by atoms with Crippen molar-refractivity contribution in [3.63, 3.8) is 0 Å². The van der Waals surface area contributed by atoms with Crippen LogP contribution in [0.15, 0.2) is 72.4 Å². The van der Waals surface area contributed by atoms with E-state index in [-0.39, 0.29) is 43.7 Å². The van der Waals surface area contributed by atoms with Crippen molar-refractivity contribution in [3.8, 4) is 11.5 Å². The number of ether oxygens (including phenoxy) is 6. The summed E-state index contributed by atoms with van der Waals surface area (Å²) in [7, 11) is 3.41. The third-order valence-corrected chi connectivity index (χ3v) is 14.5. The molecular formula is C51H73N5O12. The van der Waals surface area contributed by atoms with Crippen molar-refractivity contribution >= 4 is 23.8 Å². The molecule has 3 saturated heterocycles. The molecule has 0 unspecified atom stereocenters. The van der Waals surface area contributed by atoms with Gasteiger partial charge < -0.3 is 47.4 Å². The highest BCUT2D eigenvalue weighted by Crippen LogP contribution is 2.44. The molecule has 68 heavy (non-hydrogen) atoms. The van der Waals surface area contributed by atoms with Crippen LogP contribution in [0.1, 0.15) is 93.2 Å². The largest absolute Gasteiger partial charge is 0.463 e. The molecule has 0 saturated carbocycles. The highest BCUT2D eigenvalue weighted by atomic mass is 16.7. The van der Waals surface area contributed by atoms with Crippen molar-refractivity contribution in [1.29, 1.82) is 0 Å². The zero-order valence-electron chi connectivity index (χ0n) is 41.4. The van der Waals surface area contributed by atoms with Crippen LogP contribution >= 0.6 is 0 Å². The molecule has 0 aliphatic carbocycles. The minimum Gasteiger partial charge on any atom is -0.463 e. The van der Waals surface area contributed by atoms with Gasteiger partial charge >= 0.3 is 18.0 Å². The average molecular weight is 948 g/mol. The number of aliphatic hydroxyl groups is 1. The van der Waals surface area contributed by atoms with Gasteiger partial charge in [-0.15, -0.1) is 6.58 Å². The number of imidazole rings is 1. The second-order valence-electron chi connectivity index (χ2n) is 19.5. The summed E-state index contributed by atoms with van der Waals surface area (Å²) >= 11 is 0. The van der Waals surface area contributed by atoms with Crippen LogP contribution in [0.2, 0.25) is 0 Å². The Balaban J connectivity index is 1.37. The number of unbranched alkanes of at least 4 members (excludes halogenated alkanes) is 1. The smallest absolute Gasteiger partial charge is 0.410 e. The third-order valence-electron chi connectivity index (χ3n) is 14.5. The molecule has 3 fully saturated rings. The predicted octanol–water partition coefficient (Wildman–Crippen LogP) is 6.66. The molecule has 3 aliphatic heterocycles. The van der Waals surface area contributed by atoms with Gasteiger partial charge in [0.25, 0.3) is 0 Å². The van der Waals surface area contributed by atoms with Crippen molar-refractivity contribution in [1.82, 2.24) is 24.3 Å². The van der Waals surface area contributed by atoms with Gasteiger partial charge in [0.1, 0.15) is 29.8 Å². The summed E-state index contributed by atoms with van der Waals surface area (Å²) < 4.78 is 46.3. The van der Waals surface area contributed by atoms with Crippen LogP contribution in [0.25, 0.3) is 11.5 Å². The summed E-state index contributed by atoms with van der Waals surface area (Å²) in [6.45, 7) is 19.6. The van der Waals surface area contributed by atoms with E-state index in [1.54, 1.807) is 81.9 Å². The Morgan fingerprint density at radius 1 is 1.06 bits per heavy atom. The maximum Gasteiger partial charge on any atom is 0.410 e. The number of carbonyl (C=O) groups is 4. The van der Waals surface area contributed by atoms with E-state index in [0.717, 1.165) is 5.69 Å². The first-order valence-electron chi connectivity index (χ1n) is 24.1. The molecule has 1 amide bonds. The number of carbonyl (C=O) groups excluding carboxylic acids is 4. The van der Waals surface area contributed by atoms with Gasteiger partial charge in [-0.1, -0.05) is 39.8 Å². The van der Waals surface area contributed by atoms with Crippen LogP contribution in [0.5, 0.6) is 0 Å². The summed E-state index contributed by atoms with van der Waals surface area (Å²) in [5.74, 6) is -4.25. The Morgan fingerprint density at radius 2 is 1.81 bits per heavy atom. The molecular weight excluding hydrogens is 875 g/mol. The molecule has 3 aliphatic rings. The number of aliphatic hydroxyl groups excluding tert-OH is 1. The van der Waals surface area contributed by atoms with Crippen LogP contribution in [0.4, 0.5) is 4.79 Å². The molecule has 17 nitrogen and oxygen atoms in total. The molecule has 14 atom stereocenters. The molecule has 0 radical (unpaired) electrons. The number of Topliss-reactive ketones (excluding diaryl/α,β-unsaturated/α-hetero) is 1. The van der Waals surface area contributed by atoms with Gasteiger partial charge in [0.05, 0.1) is 60.7 Å². The van der Waals surface area contributed by atoms with E-state index >= 15 is 4.79 Å². The summed E-state index contributed by atoms with van der Waals surface area (Å²) in [5.41, 5.74) is -1.47. The van der Waals surface area contributed by atoms with Gasteiger partial charge in [-0.05, 0) is 91.1 Å². The molecule has 0 aromatic carbocycles. The lowest BCUT2D eigenvalue weighted by Gasteiger charge is -2.48. The lowest BCUT2D eigenvalue weighted by atomic mass is 9.73. The average Bonchev–Trinajstić information content (AvgIpc) is 4.08. The minimum atomic E-state index is -1.45. The van der Waals surface area contributed by atoms with Gasteiger partial charge in [-0.25, -0.2) is 9.78 Å². The summed E-state index contributed by atoms with van der Waals surface area (Å²) in [6, 6.07) is 7.70. The molecule has 6 heterocycles. The maximum absolute atomic E-state index is 15.1. The van der Waals surface area contributed by atoms with Crippen molar-refractivity contribution in [2.75, 3.05) is 27.2 Å². The number of cyclic esters (lactones) is 1. The number of furan rings is 1. The fourth-order valence-electron chi connectivity index (χ4n) is 10.9. The molecule has 0 spiro atoms. The van der Waals surface area contributed by atoms with E-state index in [0.29, 0.717) is 43.8 Å². The number of aromatic nitrogens is 3. The van der Waals surface area contributed by atoms with E-state index in [1.807, 2.05) is 56.3 Å². The highest BCUT2D eigenvalue weighted by molar-refractivity contribution is 5.85. The van der Waals surface area contributed by atoms with Crippen LogP contribution in [-0.2, 0) is 55.8 Å². The first-order chi connectivity index (χ1) is 32.4. The molecule has 374 valence electrons. The van der Waals surface area contributed by atoms with E-state index in [9.17, 15) is 19.5 Å². The van der Waals surface area contributed by atoms with E-state index < -0.39 is 89.7 Å². The number of likely N-dealkylation sites (N-methyl/N-ethyl adjacent to an activating group) is 1. The standard InChI is InChI=1S/C51H73N5O12/c1-12-22-54(10)37-26-32(4)64-48(43(37)59)67-46-34(6)44(66-41(57)27-36-19-14-15-21-53-36)35(7)47(60)65-40(13-2)51(9)45(33(5)42(58)31(3)28-50(46,8)62-11)56(49(61)68-51)24-17-16-23-55-30-52-29-38(55)39-20-18-25-63-39/h12,14-15,18-21,25,29-35,37,40,43-46,48,59H,1,13,16-17,22-24,26-28H2,2-11H3/t31-,32-,33+,34+,35-,37+,40-,43-,44+,45-,46-,48+,50-,51-/m1/s1. The third kappa shape index (κ3) is 11.4. The summed E-state index contributed by atoms with van der Waals surface area (Å²) in [6.07, 6.45) is 3.83. The molecule has 0 bridgehead atoms.